The Labute approximate surface area is 88.0 Å². The molecule has 1 unspecified atom stereocenters. The molecule has 2 rings (SSSR count). The Morgan fingerprint density at radius 1 is 1.57 bits per heavy atom. The fraction of sp³-hybridized carbons (Fsp3) is 0.500. The van der Waals surface area contributed by atoms with E-state index in [0.29, 0.717) is 21.5 Å². The van der Waals surface area contributed by atoms with Gasteiger partial charge in [-0.2, -0.15) is 0 Å². The predicted molar refractivity (Wildman–Crippen MR) is 56.2 cm³/mol. The number of nitrogens with one attached hydrogen (secondary N) is 1. The van der Waals surface area contributed by atoms with E-state index in [9.17, 15) is 9.00 Å². The summed E-state index contributed by atoms with van der Waals surface area (Å²) in [5, 5.41) is 0.604. The van der Waals surface area contributed by atoms with Crippen LogP contribution in [0.15, 0.2) is 14.8 Å². The van der Waals surface area contributed by atoms with Crippen LogP contribution in [-0.4, -0.2) is 26.2 Å². The van der Waals surface area contributed by atoms with Crippen molar-refractivity contribution in [3.63, 3.8) is 0 Å². The van der Waals surface area contributed by atoms with E-state index in [2.05, 4.69) is 9.97 Å². The summed E-state index contributed by atoms with van der Waals surface area (Å²) in [7, 11) is -1.15. The molecule has 76 valence electrons. The molecule has 14 heavy (non-hydrogen) atoms. The quantitative estimate of drug-likeness (QED) is 0.565. The first-order chi connectivity index (χ1) is 6.72. The van der Waals surface area contributed by atoms with Gasteiger partial charge in [-0.15, -0.1) is 0 Å². The third-order valence-corrected chi connectivity index (χ3v) is 4.21. The maximum Gasteiger partial charge on any atom is 0.268 e. The molecule has 1 aliphatic rings. The van der Waals surface area contributed by atoms with Crippen molar-refractivity contribution in [2.75, 3.05) is 12.0 Å². The van der Waals surface area contributed by atoms with Crippen molar-refractivity contribution >= 4 is 22.6 Å². The second-order valence-corrected chi connectivity index (χ2v) is 5.31. The molecule has 1 aromatic heterocycles. The molecular formula is C8H10N2O2S2. The van der Waals surface area contributed by atoms with E-state index in [1.54, 1.807) is 0 Å². The fourth-order valence-electron chi connectivity index (χ4n) is 1.46. The van der Waals surface area contributed by atoms with E-state index in [1.165, 1.54) is 11.8 Å². The maximum atomic E-state index is 11.6. The molecule has 1 aliphatic heterocycles. The van der Waals surface area contributed by atoms with Crippen molar-refractivity contribution < 1.29 is 4.21 Å². The van der Waals surface area contributed by atoms with E-state index in [4.69, 9.17) is 0 Å². The van der Waals surface area contributed by atoms with Gasteiger partial charge in [-0.25, -0.2) is 4.98 Å². The normalized spacial score (nSPS) is 20.5. The van der Waals surface area contributed by atoms with Crippen LogP contribution in [0.25, 0.3) is 0 Å². The van der Waals surface area contributed by atoms with E-state index < -0.39 is 10.8 Å². The van der Waals surface area contributed by atoms with Crippen LogP contribution in [0.5, 0.6) is 0 Å². The van der Waals surface area contributed by atoms with Gasteiger partial charge in [-0.3, -0.25) is 9.00 Å². The highest BCUT2D eigenvalue weighted by Gasteiger charge is 2.21. The number of thioether (sulfide) groups is 1. The lowest BCUT2D eigenvalue weighted by molar-refractivity contribution is 0.662. The Hall–Kier alpha value is -0.620. The summed E-state index contributed by atoms with van der Waals surface area (Å²) >= 11 is 1.39. The van der Waals surface area contributed by atoms with E-state index in [-0.39, 0.29) is 5.56 Å². The molecule has 0 spiro atoms. The summed E-state index contributed by atoms with van der Waals surface area (Å²) < 4.78 is 11.6. The number of H-pyrrole nitrogens is 1. The van der Waals surface area contributed by atoms with Crippen LogP contribution < -0.4 is 5.56 Å². The van der Waals surface area contributed by atoms with E-state index >= 15 is 0 Å². The lowest BCUT2D eigenvalue weighted by Gasteiger charge is -2.13. The summed E-state index contributed by atoms with van der Waals surface area (Å²) in [5.74, 6) is 0.580. The standard InChI is InChI=1S/C8H10N2O2S2/c1-13-8-9-5-3-2-4-14(12)6(5)7(11)10-8/h2-4H2,1H3,(H,9,10,11). The van der Waals surface area contributed by atoms with Gasteiger partial charge in [-0.05, 0) is 19.1 Å². The first-order valence-corrected chi connectivity index (χ1v) is 6.82. The van der Waals surface area contributed by atoms with Crippen molar-refractivity contribution in [3.05, 3.63) is 16.0 Å². The maximum absolute atomic E-state index is 11.6. The van der Waals surface area contributed by atoms with Crippen molar-refractivity contribution in [2.24, 2.45) is 0 Å². The smallest absolute Gasteiger partial charge is 0.268 e. The Morgan fingerprint density at radius 3 is 3.07 bits per heavy atom. The molecule has 0 amide bonds. The minimum absolute atomic E-state index is 0.239. The Bertz CT molecular complexity index is 441. The number of aromatic amines is 1. The van der Waals surface area contributed by atoms with E-state index in [1.807, 2.05) is 6.26 Å². The molecule has 0 radical (unpaired) electrons. The van der Waals surface area contributed by atoms with Gasteiger partial charge in [0.2, 0.25) is 0 Å². The average molecular weight is 230 g/mol. The second kappa shape index (κ2) is 3.86. The average Bonchev–Trinajstić information content (AvgIpc) is 2.17. The SMILES string of the molecule is CSc1nc2c(c(=O)[nH]1)S(=O)CCC2. The number of nitrogens with zero attached hydrogens (tertiary/aromatic N) is 1. The predicted octanol–water partition coefficient (Wildman–Crippen LogP) is 0.546. The van der Waals surface area contributed by atoms with Crippen LogP contribution in [0.2, 0.25) is 0 Å². The second-order valence-electron chi connectivity index (χ2n) is 3.00. The fourth-order valence-corrected chi connectivity index (χ4v) is 3.14. The van der Waals surface area contributed by atoms with Gasteiger partial charge in [0.15, 0.2) is 5.16 Å². The largest absolute Gasteiger partial charge is 0.300 e. The highest BCUT2D eigenvalue weighted by Crippen LogP contribution is 2.18. The zero-order chi connectivity index (χ0) is 10.1. The number of rotatable bonds is 1. The van der Waals surface area contributed by atoms with E-state index in [0.717, 1.165) is 12.8 Å². The van der Waals surface area contributed by atoms with Crippen molar-refractivity contribution in [3.8, 4) is 0 Å². The highest BCUT2D eigenvalue weighted by molar-refractivity contribution is 7.98. The van der Waals surface area contributed by atoms with Crippen LogP contribution in [0.3, 0.4) is 0 Å². The molecule has 0 bridgehead atoms. The lowest BCUT2D eigenvalue weighted by atomic mass is 10.2. The van der Waals surface area contributed by atoms with Gasteiger partial charge < -0.3 is 4.98 Å². The molecule has 1 atom stereocenters. The molecule has 0 saturated carbocycles. The summed E-state index contributed by atoms with van der Waals surface area (Å²) in [5.41, 5.74) is 0.472. The summed E-state index contributed by atoms with van der Waals surface area (Å²) in [6.07, 6.45) is 3.47. The summed E-state index contributed by atoms with van der Waals surface area (Å²) in [6, 6.07) is 0. The number of aromatic nitrogens is 2. The zero-order valence-electron chi connectivity index (χ0n) is 7.70. The molecule has 2 heterocycles. The van der Waals surface area contributed by atoms with Gasteiger partial charge in [-0.1, -0.05) is 11.8 Å². The topological polar surface area (TPSA) is 62.8 Å². The van der Waals surface area contributed by atoms with Gasteiger partial charge in [0.1, 0.15) is 4.90 Å². The monoisotopic (exact) mass is 230 g/mol. The molecular weight excluding hydrogens is 220 g/mol. The van der Waals surface area contributed by atoms with Gasteiger partial charge >= 0.3 is 0 Å². The van der Waals surface area contributed by atoms with Crippen LogP contribution >= 0.6 is 11.8 Å². The summed E-state index contributed by atoms with van der Waals surface area (Å²) in [4.78, 5) is 18.8. The molecule has 0 aliphatic carbocycles. The first kappa shape index (κ1) is 9.92. The van der Waals surface area contributed by atoms with Crippen LogP contribution in [0.1, 0.15) is 12.1 Å². The molecule has 0 aromatic carbocycles. The first-order valence-electron chi connectivity index (χ1n) is 4.28. The van der Waals surface area contributed by atoms with Crippen molar-refractivity contribution in [1.82, 2.24) is 9.97 Å². The van der Waals surface area contributed by atoms with Crippen LogP contribution in [-0.2, 0) is 17.2 Å². The number of hydrogen-bond acceptors (Lipinski definition) is 4. The van der Waals surface area contributed by atoms with Crippen LogP contribution in [0, 0.1) is 0 Å². The number of fused-ring (bicyclic) bond motifs is 1. The number of hydrogen-bond donors (Lipinski definition) is 1. The Kier molecular flexibility index (Phi) is 2.73. The van der Waals surface area contributed by atoms with Gasteiger partial charge in [0, 0.05) is 5.75 Å². The third kappa shape index (κ3) is 1.64. The molecule has 0 fully saturated rings. The van der Waals surface area contributed by atoms with Crippen LogP contribution in [0.4, 0.5) is 0 Å². The van der Waals surface area contributed by atoms with Crippen molar-refractivity contribution in [2.45, 2.75) is 22.9 Å². The minimum atomic E-state index is -1.15. The highest BCUT2D eigenvalue weighted by atomic mass is 32.2. The molecule has 6 heteroatoms. The van der Waals surface area contributed by atoms with Gasteiger partial charge in [0.25, 0.3) is 5.56 Å². The minimum Gasteiger partial charge on any atom is -0.300 e. The molecule has 0 saturated heterocycles. The van der Waals surface area contributed by atoms with Crippen molar-refractivity contribution in [1.29, 1.82) is 0 Å². The summed E-state index contributed by atoms with van der Waals surface area (Å²) in [6.45, 7) is 0. The molecule has 1 aromatic rings. The Morgan fingerprint density at radius 2 is 2.36 bits per heavy atom. The molecule has 1 N–H and O–H groups in total. The van der Waals surface area contributed by atoms with Gasteiger partial charge in [0.05, 0.1) is 16.5 Å². The third-order valence-electron chi connectivity index (χ3n) is 2.09. The zero-order valence-corrected chi connectivity index (χ0v) is 9.33. The number of aryl methyl sites for hydroxylation is 1. The molecule has 4 nitrogen and oxygen atoms in total. The lowest BCUT2D eigenvalue weighted by Crippen LogP contribution is -2.24. The Balaban J connectivity index is 2.63.